The van der Waals surface area contributed by atoms with E-state index in [2.05, 4.69) is 35.9 Å². The first-order chi connectivity index (χ1) is 17.1. The van der Waals surface area contributed by atoms with E-state index in [9.17, 15) is 4.79 Å². The van der Waals surface area contributed by atoms with Crippen LogP contribution in [-0.4, -0.2) is 50.9 Å². The molecule has 0 radical (unpaired) electrons. The number of nitrogens with one attached hydrogen (secondary N) is 4. The van der Waals surface area contributed by atoms with E-state index in [1.807, 2.05) is 33.8 Å². The molecular formula is C25H31N9O2. The topological polar surface area (TPSA) is 164 Å². The smallest absolute Gasteiger partial charge is 0.256 e. The molecule has 0 aliphatic carbocycles. The van der Waals surface area contributed by atoms with Gasteiger partial charge in [-0.1, -0.05) is 26.8 Å². The van der Waals surface area contributed by atoms with Gasteiger partial charge in [0.15, 0.2) is 5.82 Å². The first-order valence-electron chi connectivity index (χ1n) is 11.7. The Morgan fingerprint density at radius 3 is 2.78 bits per heavy atom. The summed E-state index contributed by atoms with van der Waals surface area (Å²) in [5, 5.41) is 17.2. The summed E-state index contributed by atoms with van der Waals surface area (Å²) in [6.07, 6.45) is 5.43. The fourth-order valence-corrected chi connectivity index (χ4v) is 3.47. The molecule has 11 heteroatoms. The van der Waals surface area contributed by atoms with Gasteiger partial charge in [-0.3, -0.25) is 10.2 Å². The number of carbonyl (C=O) groups is 1. The van der Waals surface area contributed by atoms with E-state index in [4.69, 9.17) is 15.9 Å². The van der Waals surface area contributed by atoms with Crippen LogP contribution in [0, 0.1) is 17.7 Å². The molecule has 0 bridgehead atoms. The Morgan fingerprint density at radius 1 is 1.25 bits per heavy atom. The number of hydrogen-bond acceptors (Lipinski definition) is 10. The van der Waals surface area contributed by atoms with Gasteiger partial charge in [-0.2, -0.15) is 0 Å². The molecule has 2 aromatic heterocycles. The molecule has 1 aliphatic rings. The van der Waals surface area contributed by atoms with Crippen LogP contribution in [0.5, 0.6) is 0 Å². The number of amides is 1. The maximum atomic E-state index is 12.8. The van der Waals surface area contributed by atoms with Crippen molar-refractivity contribution in [1.29, 1.82) is 5.41 Å². The second-order valence-corrected chi connectivity index (χ2v) is 9.73. The standard InChI is InChI=1S/C25H31N9O2/c1-14-5-6-15(23(35)33-20(27)10-19(26)25(2,3)4)9-17(14)32-22-21-18(29-13-30-22)11-28-24(34-21)31-16-7-8-36-12-16/h5-6,9-11,13,16H,7-8,12,26H2,1-4H3,(H2,27,33,35)(H,28,31,34)(H,29,30,32). The lowest BCUT2D eigenvalue weighted by Gasteiger charge is -2.19. The number of benzene rings is 1. The van der Waals surface area contributed by atoms with Crippen LogP contribution in [0.4, 0.5) is 17.5 Å². The average molecular weight is 490 g/mol. The molecule has 1 amide bonds. The molecule has 36 heavy (non-hydrogen) atoms. The van der Waals surface area contributed by atoms with Gasteiger partial charge in [0, 0.05) is 29.0 Å². The monoisotopic (exact) mass is 489 g/mol. The highest BCUT2D eigenvalue weighted by Gasteiger charge is 2.18. The maximum Gasteiger partial charge on any atom is 0.256 e. The quantitative estimate of drug-likeness (QED) is 0.258. The SMILES string of the molecule is Cc1ccc(C(=O)NC(=N)C=C(N)C(C)(C)C)cc1Nc1ncnc2cnc(NC3CCOC3)nc12. The fourth-order valence-electron chi connectivity index (χ4n) is 3.47. The van der Waals surface area contributed by atoms with Crippen LogP contribution in [0.15, 0.2) is 42.5 Å². The van der Waals surface area contributed by atoms with E-state index < -0.39 is 5.91 Å². The normalized spacial score (nSPS) is 16.1. The Labute approximate surface area is 209 Å². The Kier molecular flexibility index (Phi) is 7.11. The van der Waals surface area contributed by atoms with Crippen LogP contribution in [-0.2, 0) is 4.74 Å². The summed E-state index contributed by atoms with van der Waals surface area (Å²) in [6, 6.07) is 5.39. The first kappa shape index (κ1) is 25.0. The lowest BCUT2D eigenvalue weighted by Crippen LogP contribution is -2.30. The zero-order chi connectivity index (χ0) is 25.9. The Bertz CT molecular complexity index is 1320. The van der Waals surface area contributed by atoms with Crippen molar-refractivity contribution >= 4 is 40.2 Å². The predicted octanol–water partition coefficient (Wildman–Crippen LogP) is 3.27. The van der Waals surface area contributed by atoms with E-state index in [-0.39, 0.29) is 17.3 Å². The molecule has 188 valence electrons. The van der Waals surface area contributed by atoms with Gasteiger partial charge in [-0.15, -0.1) is 0 Å². The molecule has 1 aliphatic heterocycles. The molecule has 4 rings (SSSR count). The number of rotatable bonds is 6. The number of carbonyl (C=O) groups excluding carboxylic acids is 1. The molecule has 1 atom stereocenters. The van der Waals surface area contributed by atoms with Crippen LogP contribution >= 0.6 is 0 Å². The number of amidine groups is 1. The van der Waals surface area contributed by atoms with Crippen molar-refractivity contribution in [3.8, 4) is 0 Å². The second kappa shape index (κ2) is 10.2. The van der Waals surface area contributed by atoms with Gasteiger partial charge in [-0.05, 0) is 37.1 Å². The van der Waals surface area contributed by atoms with Crippen LogP contribution in [0.25, 0.3) is 11.0 Å². The second-order valence-electron chi connectivity index (χ2n) is 9.73. The number of aromatic nitrogens is 4. The van der Waals surface area contributed by atoms with Crippen molar-refractivity contribution in [1.82, 2.24) is 25.3 Å². The number of nitrogens with two attached hydrogens (primary N) is 1. The van der Waals surface area contributed by atoms with Gasteiger partial charge in [0.2, 0.25) is 5.95 Å². The lowest BCUT2D eigenvalue weighted by molar-refractivity contribution is 0.0977. The number of aryl methyl sites for hydroxylation is 1. The molecule has 6 N–H and O–H groups in total. The zero-order valence-electron chi connectivity index (χ0n) is 20.8. The molecule has 1 saturated heterocycles. The molecule has 0 saturated carbocycles. The summed E-state index contributed by atoms with van der Waals surface area (Å²) in [4.78, 5) is 30.4. The maximum absolute atomic E-state index is 12.8. The summed E-state index contributed by atoms with van der Waals surface area (Å²) in [5.41, 5.74) is 9.32. The van der Waals surface area contributed by atoms with Gasteiger partial charge in [0.1, 0.15) is 23.2 Å². The predicted molar refractivity (Wildman–Crippen MR) is 139 cm³/mol. The largest absolute Gasteiger partial charge is 0.401 e. The summed E-state index contributed by atoms with van der Waals surface area (Å²) in [7, 11) is 0. The third-order valence-electron chi connectivity index (χ3n) is 5.81. The molecule has 1 fully saturated rings. The van der Waals surface area contributed by atoms with Crippen LogP contribution in [0.2, 0.25) is 0 Å². The van der Waals surface area contributed by atoms with E-state index in [1.165, 1.54) is 12.4 Å². The molecular weight excluding hydrogens is 458 g/mol. The van der Waals surface area contributed by atoms with Crippen molar-refractivity contribution in [3.05, 3.63) is 53.6 Å². The van der Waals surface area contributed by atoms with E-state index >= 15 is 0 Å². The minimum Gasteiger partial charge on any atom is -0.401 e. The molecule has 11 nitrogen and oxygen atoms in total. The van der Waals surface area contributed by atoms with Crippen molar-refractivity contribution in [2.45, 2.75) is 40.2 Å². The minimum atomic E-state index is -0.416. The Hall–Kier alpha value is -4.12. The van der Waals surface area contributed by atoms with Crippen LogP contribution < -0.4 is 21.7 Å². The third-order valence-corrected chi connectivity index (χ3v) is 5.81. The summed E-state index contributed by atoms with van der Waals surface area (Å²) >= 11 is 0. The first-order valence-corrected chi connectivity index (χ1v) is 11.7. The summed E-state index contributed by atoms with van der Waals surface area (Å²) < 4.78 is 5.41. The van der Waals surface area contributed by atoms with Crippen molar-refractivity contribution in [2.24, 2.45) is 11.1 Å². The van der Waals surface area contributed by atoms with Crippen molar-refractivity contribution in [3.63, 3.8) is 0 Å². The lowest BCUT2D eigenvalue weighted by atomic mass is 9.92. The third kappa shape index (κ3) is 5.92. The highest BCUT2D eigenvalue weighted by molar-refractivity contribution is 6.09. The van der Waals surface area contributed by atoms with E-state index in [0.29, 0.717) is 53.0 Å². The highest BCUT2D eigenvalue weighted by atomic mass is 16.5. The van der Waals surface area contributed by atoms with Gasteiger partial charge in [0.25, 0.3) is 5.91 Å². The molecule has 3 aromatic rings. The highest BCUT2D eigenvalue weighted by Crippen LogP contribution is 2.26. The fraction of sp³-hybridized carbons (Fsp3) is 0.360. The van der Waals surface area contributed by atoms with Crippen molar-refractivity contribution < 1.29 is 9.53 Å². The van der Waals surface area contributed by atoms with Crippen molar-refractivity contribution in [2.75, 3.05) is 23.8 Å². The van der Waals surface area contributed by atoms with Gasteiger partial charge in [0.05, 0.1) is 18.8 Å². The molecule has 1 unspecified atom stereocenters. The van der Waals surface area contributed by atoms with Crippen LogP contribution in [0.3, 0.4) is 0 Å². The number of fused-ring (bicyclic) bond motifs is 1. The van der Waals surface area contributed by atoms with Gasteiger partial charge in [-0.25, -0.2) is 19.9 Å². The number of anilines is 3. The molecule has 0 spiro atoms. The average Bonchev–Trinajstić information content (AvgIpc) is 3.33. The number of allylic oxidation sites excluding steroid dienone is 1. The Morgan fingerprint density at radius 2 is 2.06 bits per heavy atom. The molecule has 3 heterocycles. The Balaban J connectivity index is 1.55. The van der Waals surface area contributed by atoms with Gasteiger partial charge < -0.3 is 26.4 Å². The summed E-state index contributed by atoms with van der Waals surface area (Å²) in [5.74, 6) is 0.471. The summed E-state index contributed by atoms with van der Waals surface area (Å²) in [6.45, 7) is 9.07. The number of ether oxygens (including phenoxy) is 1. The molecule has 1 aromatic carbocycles. The van der Waals surface area contributed by atoms with E-state index in [1.54, 1.807) is 18.3 Å². The van der Waals surface area contributed by atoms with Gasteiger partial charge >= 0.3 is 0 Å². The zero-order valence-corrected chi connectivity index (χ0v) is 20.8. The van der Waals surface area contributed by atoms with E-state index in [0.717, 1.165) is 12.0 Å². The van der Waals surface area contributed by atoms with Crippen LogP contribution in [0.1, 0.15) is 43.1 Å². The number of hydrogen-bond donors (Lipinski definition) is 5. The number of nitrogens with zero attached hydrogens (tertiary/aromatic N) is 4. The minimum absolute atomic E-state index is 0.0753.